The monoisotopic (exact) mass is 262 g/mol. The normalized spacial score (nSPS) is 11.3. The van der Waals surface area contributed by atoms with Crippen LogP contribution in [0.1, 0.15) is 0 Å². The Morgan fingerprint density at radius 3 is 2.53 bits per heavy atom. The Kier molecular flexibility index (Phi) is 5.02. The van der Waals surface area contributed by atoms with Crippen molar-refractivity contribution in [1.29, 1.82) is 0 Å². The lowest BCUT2D eigenvalue weighted by Gasteiger charge is -1.98. The predicted molar refractivity (Wildman–Crippen MR) is 63.3 cm³/mol. The first-order valence-corrected chi connectivity index (χ1v) is 5.63. The lowest BCUT2D eigenvalue weighted by atomic mass is 10.4. The van der Waals surface area contributed by atoms with E-state index in [9.17, 15) is 4.79 Å². The van der Waals surface area contributed by atoms with Gasteiger partial charge in [0.2, 0.25) is 0 Å². The highest BCUT2D eigenvalue weighted by atomic mass is 35.5. The summed E-state index contributed by atoms with van der Waals surface area (Å²) in [5.74, 6) is -0.543. The van der Waals surface area contributed by atoms with Crippen molar-refractivity contribution < 1.29 is 9.53 Å². The maximum Gasteiger partial charge on any atom is 0.350 e. The Morgan fingerprint density at radius 1 is 1.40 bits per heavy atom. The molecule has 0 aliphatic carbocycles. The van der Waals surface area contributed by atoms with Crippen molar-refractivity contribution in [2.45, 2.75) is 4.90 Å². The minimum atomic E-state index is -0.543. The second kappa shape index (κ2) is 6.05. The summed E-state index contributed by atoms with van der Waals surface area (Å²) < 4.78 is 4.45. The SMILES string of the molecule is COC(=O)/C(Cl)=C\Sc1ccc(Cl)cc1. The van der Waals surface area contributed by atoms with Crippen LogP contribution < -0.4 is 0 Å². The van der Waals surface area contributed by atoms with Gasteiger partial charge in [-0.15, -0.1) is 0 Å². The Hall–Kier alpha value is -0.640. The van der Waals surface area contributed by atoms with Gasteiger partial charge in [-0.25, -0.2) is 4.79 Å². The molecule has 0 N–H and O–H groups in total. The van der Waals surface area contributed by atoms with Gasteiger partial charge in [0.25, 0.3) is 0 Å². The van der Waals surface area contributed by atoms with Gasteiger partial charge in [0.05, 0.1) is 7.11 Å². The number of thioether (sulfide) groups is 1. The summed E-state index contributed by atoms with van der Waals surface area (Å²) in [6.45, 7) is 0. The summed E-state index contributed by atoms with van der Waals surface area (Å²) in [5.41, 5.74) is 0. The van der Waals surface area contributed by atoms with Crippen LogP contribution in [0.4, 0.5) is 0 Å². The zero-order chi connectivity index (χ0) is 11.3. The standard InChI is InChI=1S/C10H8Cl2O2S/c1-14-10(13)9(12)6-15-8-4-2-7(11)3-5-8/h2-6H,1H3/b9-6+. The third-order valence-electron chi connectivity index (χ3n) is 1.49. The van der Waals surface area contributed by atoms with Crippen molar-refractivity contribution in [2.75, 3.05) is 7.11 Å². The maximum atomic E-state index is 10.9. The Balaban J connectivity index is 2.63. The number of benzene rings is 1. The molecule has 1 rings (SSSR count). The number of ether oxygens (including phenoxy) is 1. The van der Waals surface area contributed by atoms with Crippen LogP contribution in [0.25, 0.3) is 0 Å². The van der Waals surface area contributed by atoms with Gasteiger partial charge in [0.15, 0.2) is 0 Å². The highest BCUT2D eigenvalue weighted by molar-refractivity contribution is 8.02. The molecule has 0 unspecified atom stereocenters. The van der Waals surface area contributed by atoms with Gasteiger partial charge in [0.1, 0.15) is 5.03 Å². The van der Waals surface area contributed by atoms with Crippen molar-refractivity contribution in [3.05, 3.63) is 39.7 Å². The van der Waals surface area contributed by atoms with E-state index >= 15 is 0 Å². The molecule has 0 heterocycles. The molecule has 80 valence electrons. The molecule has 0 aliphatic rings. The number of halogens is 2. The third-order valence-corrected chi connectivity index (χ3v) is 3.04. The molecule has 0 saturated carbocycles. The van der Waals surface area contributed by atoms with Gasteiger partial charge in [-0.3, -0.25) is 0 Å². The number of esters is 1. The highest BCUT2D eigenvalue weighted by Gasteiger charge is 2.05. The van der Waals surface area contributed by atoms with E-state index in [0.717, 1.165) is 4.90 Å². The summed E-state index contributed by atoms with van der Waals surface area (Å²) in [5, 5.41) is 2.25. The third kappa shape index (κ3) is 4.16. The molecule has 1 aromatic rings. The van der Waals surface area contributed by atoms with Gasteiger partial charge in [-0.05, 0) is 24.3 Å². The zero-order valence-electron chi connectivity index (χ0n) is 7.87. The lowest BCUT2D eigenvalue weighted by molar-refractivity contribution is -0.135. The van der Waals surface area contributed by atoms with Gasteiger partial charge in [0, 0.05) is 15.3 Å². The molecule has 1 aromatic carbocycles. The Bertz CT molecular complexity index is 374. The van der Waals surface area contributed by atoms with Crippen molar-refractivity contribution in [3.63, 3.8) is 0 Å². The van der Waals surface area contributed by atoms with Gasteiger partial charge < -0.3 is 4.74 Å². The molecule has 0 bridgehead atoms. The fraction of sp³-hybridized carbons (Fsp3) is 0.100. The van der Waals surface area contributed by atoms with Crippen molar-refractivity contribution >= 4 is 40.9 Å². The predicted octanol–water partition coefficient (Wildman–Crippen LogP) is 3.69. The van der Waals surface area contributed by atoms with Crippen LogP contribution in [0, 0.1) is 0 Å². The summed E-state index contributed by atoms with van der Waals surface area (Å²) in [6, 6.07) is 7.21. The lowest BCUT2D eigenvalue weighted by Crippen LogP contribution is -1.98. The van der Waals surface area contributed by atoms with Gasteiger partial charge >= 0.3 is 5.97 Å². The Morgan fingerprint density at radius 2 is 2.00 bits per heavy atom. The molecule has 0 atom stereocenters. The van der Waals surface area contributed by atoms with Crippen LogP contribution in [-0.4, -0.2) is 13.1 Å². The number of methoxy groups -OCH3 is 1. The Labute approximate surface area is 102 Å². The van der Waals surface area contributed by atoms with Crippen LogP contribution in [0.15, 0.2) is 39.6 Å². The van der Waals surface area contributed by atoms with Crippen LogP contribution in [0.2, 0.25) is 5.02 Å². The number of carbonyl (C=O) groups is 1. The first-order valence-electron chi connectivity index (χ1n) is 3.99. The number of carbonyl (C=O) groups excluding carboxylic acids is 1. The first-order chi connectivity index (χ1) is 7.13. The van der Waals surface area contributed by atoms with E-state index in [1.807, 2.05) is 12.1 Å². The summed E-state index contributed by atoms with van der Waals surface area (Å²) in [7, 11) is 1.28. The molecule has 0 fully saturated rings. The molecule has 2 nitrogen and oxygen atoms in total. The van der Waals surface area contributed by atoms with Crippen LogP contribution in [0.3, 0.4) is 0 Å². The molecule has 0 aliphatic heterocycles. The van der Waals surface area contributed by atoms with Crippen LogP contribution in [0.5, 0.6) is 0 Å². The van der Waals surface area contributed by atoms with Crippen molar-refractivity contribution in [3.8, 4) is 0 Å². The van der Waals surface area contributed by atoms with Crippen LogP contribution >= 0.6 is 35.0 Å². The van der Waals surface area contributed by atoms with E-state index in [0.29, 0.717) is 5.02 Å². The van der Waals surface area contributed by atoms with Crippen LogP contribution in [-0.2, 0) is 9.53 Å². The number of hydrogen-bond donors (Lipinski definition) is 0. The van der Waals surface area contributed by atoms with E-state index in [1.54, 1.807) is 12.1 Å². The fourth-order valence-corrected chi connectivity index (χ4v) is 1.74. The van der Waals surface area contributed by atoms with Gasteiger partial charge in [-0.1, -0.05) is 35.0 Å². The molecule has 0 amide bonds. The zero-order valence-corrected chi connectivity index (χ0v) is 10.2. The second-order valence-electron chi connectivity index (χ2n) is 2.53. The molecule has 5 heteroatoms. The van der Waals surface area contributed by atoms with E-state index in [4.69, 9.17) is 23.2 Å². The van der Waals surface area contributed by atoms with E-state index in [-0.39, 0.29) is 5.03 Å². The molecule has 0 spiro atoms. The smallest absolute Gasteiger partial charge is 0.350 e. The fourth-order valence-electron chi connectivity index (χ4n) is 0.779. The second-order valence-corrected chi connectivity index (χ2v) is 4.32. The minimum absolute atomic E-state index is 0.0532. The molecule has 0 aromatic heterocycles. The average molecular weight is 263 g/mol. The molecular formula is C10H8Cl2O2S. The summed E-state index contributed by atoms with van der Waals surface area (Å²) in [4.78, 5) is 11.9. The highest BCUT2D eigenvalue weighted by Crippen LogP contribution is 2.23. The molecule has 15 heavy (non-hydrogen) atoms. The minimum Gasteiger partial charge on any atom is -0.465 e. The van der Waals surface area contributed by atoms with E-state index < -0.39 is 5.97 Å². The number of rotatable bonds is 3. The first kappa shape index (κ1) is 12.4. The maximum absolute atomic E-state index is 10.9. The van der Waals surface area contributed by atoms with E-state index in [1.165, 1.54) is 24.3 Å². The summed E-state index contributed by atoms with van der Waals surface area (Å²) in [6.07, 6.45) is 0. The molecular weight excluding hydrogens is 255 g/mol. The van der Waals surface area contributed by atoms with Crippen molar-refractivity contribution in [1.82, 2.24) is 0 Å². The average Bonchev–Trinajstić information content (AvgIpc) is 2.26. The number of hydrogen-bond acceptors (Lipinski definition) is 3. The van der Waals surface area contributed by atoms with Gasteiger partial charge in [-0.2, -0.15) is 0 Å². The largest absolute Gasteiger partial charge is 0.465 e. The van der Waals surface area contributed by atoms with E-state index in [2.05, 4.69) is 4.74 Å². The molecule has 0 radical (unpaired) electrons. The summed E-state index contributed by atoms with van der Waals surface area (Å²) >= 11 is 12.7. The topological polar surface area (TPSA) is 26.3 Å². The van der Waals surface area contributed by atoms with Crippen molar-refractivity contribution in [2.24, 2.45) is 0 Å². The molecule has 0 saturated heterocycles. The quantitative estimate of drug-likeness (QED) is 0.472.